The molecule has 2 rings (SSSR count). The van der Waals surface area contributed by atoms with Gasteiger partial charge in [0.1, 0.15) is 0 Å². The molecule has 0 bridgehead atoms. The fraction of sp³-hybridized carbons (Fsp3) is 0.933. The smallest absolute Gasteiger partial charge is 0.0672 e. The number of hydrogen-bond acceptors (Lipinski definition) is 3. The normalized spacial score (nSPS) is 42.4. The number of likely N-dealkylation sites (tertiary alicyclic amines) is 1. The quantitative estimate of drug-likeness (QED) is 0.818. The Hall–Kier alpha value is -0.590. The molecule has 0 amide bonds. The average Bonchev–Trinajstić information content (AvgIpc) is 2.41. The first-order valence-electron chi connectivity index (χ1n) is 7.47. The third-order valence-electron chi connectivity index (χ3n) is 5.03. The van der Waals surface area contributed by atoms with Crippen LogP contribution in [0.15, 0.2) is 0 Å². The Morgan fingerprint density at radius 3 is 2.72 bits per heavy atom. The summed E-state index contributed by atoms with van der Waals surface area (Å²) in [4.78, 5) is 2.48. The number of aliphatic hydroxyl groups excluding tert-OH is 1. The van der Waals surface area contributed by atoms with Crippen molar-refractivity contribution < 1.29 is 5.11 Å². The van der Waals surface area contributed by atoms with E-state index in [4.69, 9.17) is 0 Å². The van der Waals surface area contributed by atoms with Crippen molar-refractivity contribution in [1.29, 1.82) is 5.26 Å². The minimum absolute atomic E-state index is 0.146. The number of nitriles is 1. The maximum Gasteiger partial charge on any atom is 0.0672 e. The summed E-state index contributed by atoms with van der Waals surface area (Å²) in [5.41, 5.74) is 0. The molecule has 5 atom stereocenters. The van der Waals surface area contributed by atoms with Gasteiger partial charge in [0.15, 0.2) is 0 Å². The van der Waals surface area contributed by atoms with Gasteiger partial charge in [0.2, 0.25) is 0 Å². The van der Waals surface area contributed by atoms with Gasteiger partial charge < -0.3 is 5.11 Å². The van der Waals surface area contributed by atoms with Crippen molar-refractivity contribution in [3.8, 4) is 6.07 Å². The van der Waals surface area contributed by atoms with Crippen LogP contribution in [0, 0.1) is 29.1 Å². The molecule has 1 aliphatic heterocycles. The first-order chi connectivity index (χ1) is 8.65. The Kier molecular flexibility index (Phi) is 4.64. The molecule has 5 unspecified atom stereocenters. The maximum absolute atomic E-state index is 9.82. The lowest BCUT2D eigenvalue weighted by Gasteiger charge is -2.44. The van der Waals surface area contributed by atoms with Gasteiger partial charge >= 0.3 is 0 Å². The van der Waals surface area contributed by atoms with Gasteiger partial charge in [-0.15, -0.1) is 0 Å². The van der Waals surface area contributed by atoms with E-state index in [1.807, 2.05) is 0 Å². The van der Waals surface area contributed by atoms with Crippen LogP contribution in [0.5, 0.6) is 0 Å². The molecule has 1 saturated carbocycles. The van der Waals surface area contributed by atoms with Gasteiger partial charge in [0.05, 0.1) is 18.1 Å². The van der Waals surface area contributed by atoms with Crippen LogP contribution in [0.1, 0.15) is 46.0 Å². The van der Waals surface area contributed by atoms with Crippen LogP contribution >= 0.6 is 0 Å². The van der Waals surface area contributed by atoms with Crippen LogP contribution in [-0.4, -0.2) is 35.2 Å². The van der Waals surface area contributed by atoms with E-state index < -0.39 is 0 Å². The summed E-state index contributed by atoms with van der Waals surface area (Å²) >= 11 is 0. The zero-order valence-corrected chi connectivity index (χ0v) is 11.7. The lowest BCUT2D eigenvalue weighted by molar-refractivity contribution is -0.00447. The first-order valence-corrected chi connectivity index (χ1v) is 7.47. The van der Waals surface area contributed by atoms with E-state index in [9.17, 15) is 10.4 Å². The molecule has 1 saturated heterocycles. The Bertz CT molecular complexity index is 312. The number of hydrogen-bond donors (Lipinski definition) is 1. The van der Waals surface area contributed by atoms with Crippen LogP contribution in [0.3, 0.4) is 0 Å². The molecule has 1 aliphatic carbocycles. The Morgan fingerprint density at radius 1 is 1.33 bits per heavy atom. The summed E-state index contributed by atoms with van der Waals surface area (Å²) in [6, 6.07) is 2.95. The highest BCUT2D eigenvalue weighted by Gasteiger charge is 2.36. The van der Waals surface area contributed by atoms with E-state index in [2.05, 4.69) is 24.8 Å². The molecule has 0 aromatic heterocycles. The maximum atomic E-state index is 9.82. The number of rotatable bonds is 2. The van der Waals surface area contributed by atoms with Crippen LogP contribution in [0.4, 0.5) is 0 Å². The summed E-state index contributed by atoms with van der Waals surface area (Å²) in [6.45, 7) is 6.31. The van der Waals surface area contributed by atoms with Crippen LogP contribution < -0.4 is 0 Å². The third kappa shape index (κ3) is 2.87. The second-order valence-corrected chi connectivity index (χ2v) is 6.22. The first kappa shape index (κ1) is 13.8. The molecule has 1 heterocycles. The predicted octanol–water partition coefficient (Wildman–Crippen LogP) is 2.41. The Labute approximate surface area is 111 Å². The molecule has 0 aromatic carbocycles. The highest BCUT2D eigenvalue weighted by atomic mass is 16.3. The standard InChI is InChI=1S/C15H26N2O/c1-3-12-4-5-13(9-16)14(8-12)17-7-6-15(18)11(2)10-17/h11-15,18H,3-8,10H2,1-2H3. The predicted molar refractivity (Wildman–Crippen MR) is 71.9 cm³/mol. The molecule has 2 aliphatic rings. The van der Waals surface area contributed by atoms with Crippen LogP contribution in [0.25, 0.3) is 0 Å². The summed E-state index contributed by atoms with van der Waals surface area (Å²) in [5.74, 6) is 1.34. The van der Waals surface area contributed by atoms with Gasteiger partial charge in [-0.1, -0.05) is 20.3 Å². The molecule has 0 radical (unpaired) electrons. The summed E-state index contributed by atoms with van der Waals surface area (Å²) in [5, 5.41) is 19.2. The van der Waals surface area contributed by atoms with Crippen molar-refractivity contribution in [1.82, 2.24) is 4.90 Å². The summed E-state index contributed by atoms with van der Waals surface area (Å²) in [7, 11) is 0. The molecule has 0 spiro atoms. The van der Waals surface area contributed by atoms with Gasteiger partial charge in [-0.3, -0.25) is 4.90 Å². The average molecular weight is 250 g/mol. The number of piperidine rings is 1. The minimum atomic E-state index is -0.146. The van der Waals surface area contributed by atoms with Crippen LogP contribution in [-0.2, 0) is 0 Å². The highest BCUT2D eigenvalue weighted by molar-refractivity contribution is 4.98. The topological polar surface area (TPSA) is 47.3 Å². The van der Waals surface area contributed by atoms with Crippen molar-refractivity contribution in [2.45, 2.75) is 58.1 Å². The second-order valence-electron chi connectivity index (χ2n) is 6.22. The third-order valence-corrected chi connectivity index (χ3v) is 5.03. The molecule has 102 valence electrons. The van der Waals surface area contributed by atoms with Crippen molar-refractivity contribution in [2.24, 2.45) is 17.8 Å². The molecule has 1 N–H and O–H groups in total. The van der Waals surface area contributed by atoms with E-state index in [1.54, 1.807) is 0 Å². The zero-order chi connectivity index (χ0) is 13.1. The van der Waals surface area contributed by atoms with E-state index in [1.165, 1.54) is 19.3 Å². The van der Waals surface area contributed by atoms with Gasteiger partial charge in [0.25, 0.3) is 0 Å². The van der Waals surface area contributed by atoms with Crippen molar-refractivity contribution >= 4 is 0 Å². The fourth-order valence-electron chi connectivity index (χ4n) is 3.62. The van der Waals surface area contributed by atoms with Crippen molar-refractivity contribution in [3.05, 3.63) is 0 Å². The van der Waals surface area contributed by atoms with Gasteiger partial charge in [-0.05, 0) is 37.5 Å². The zero-order valence-electron chi connectivity index (χ0n) is 11.7. The SMILES string of the molecule is CCC1CCC(C#N)C(N2CCC(O)C(C)C2)C1. The van der Waals surface area contributed by atoms with E-state index in [0.717, 1.165) is 31.8 Å². The van der Waals surface area contributed by atoms with E-state index >= 15 is 0 Å². The summed E-state index contributed by atoms with van der Waals surface area (Å²) in [6.07, 6.45) is 5.42. The van der Waals surface area contributed by atoms with Crippen LogP contribution in [0.2, 0.25) is 0 Å². The minimum Gasteiger partial charge on any atom is -0.393 e. The number of nitrogens with zero attached hydrogens (tertiary/aromatic N) is 2. The molecular weight excluding hydrogens is 224 g/mol. The summed E-state index contributed by atoms with van der Waals surface area (Å²) < 4.78 is 0. The molecule has 3 heteroatoms. The molecule has 18 heavy (non-hydrogen) atoms. The molecular formula is C15H26N2O. The fourth-order valence-corrected chi connectivity index (χ4v) is 3.62. The van der Waals surface area contributed by atoms with E-state index in [-0.39, 0.29) is 12.0 Å². The highest BCUT2D eigenvalue weighted by Crippen LogP contribution is 2.35. The Balaban J connectivity index is 2.02. The Morgan fingerprint density at radius 2 is 2.11 bits per heavy atom. The lowest BCUT2D eigenvalue weighted by Crippen LogP contribution is -2.51. The monoisotopic (exact) mass is 250 g/mol. The van der Waals surface area contributed by atoms with Gasteiger partial charge in [-0.2, -0.15) is 5.26 Å². The second kappa shape index (κ2) is 6.04. The van der Waals surface area contributed by atoms with E-state index in [0.29, 0.717) is 12.0 Å². The van der Waals surface area contributed by atoms with Crippen molar-refractivity contribution in [2.75, 3.05) is 13.1 Å². The number of aliphatic hydroxyl groups is 1. The van der Waals surface area contributed by atoms with Gasteiger partial charge in [-0.25, -0.2) is 0 Å². The van der Waals surface area contributed by atoms with Crippen molar-refractivity contribution in [3.63, 3.8) is 0 Å². The molecule has 0 aromatic rings. The molecule has 3 nitrogen and oxygen atoms in total. The largest absolute Gasteiger partial charge is 0.393 e. The van der Waals surface area contributed by atoms with Gasteiger partial charge in [0, 0.05) is 19.1 Å². The molecule has 2 fully saturated rings. The lowest BCUT2D eigenvalue weighted by atomic mass is 9.76.